The van der Waals surface area contributed by atoms with Crippen molar-refractivity contribution >= 4 is 9.84 Å². The van der Waals surface area contributed by atoms with E-state index in [1.807, 2.05) is 0 Å². The Morgan fingerprint density at radius 3 is 2.69 bits per heavy atom. The van der Waals surface area contributed by atoms with Crippen LogP contribution in [0.1, 0.15) is 13.3 Å². The zero-order chi connectivity index (χ0) is 9.95. The molecule has 78 valence electrons. The number of nitrogens with one attached hydrogen (secondary N) is 2. The summed E-state index contributed by atoms with van der Waals surface area (Å²) in [7, 11) is -2.83. The maximum absolute atomic E-state index is 10.9. The summed E-state index contributed by atoms with van der Waals surface area (Å²) in [6.45, 7) is 4.62. The molecule has 0 bridgehead atoms. The standard InChI is InChI=1S/C8H18N2O2S/c1-8(3-4-9-7-8)10-5-6-13(2,11)12/h9-10H,3-7H2,1-2H3. The van der Waals surface area contributed by atoms with Gasteiger partial charge < -0.3 is 10.6 Å². The highest BCUT2D eigenvalue weighted by molar-refractivity contribution is 7.90. The molecule has 2 N–H and O–H groups in total. The molecule has 1 aliphatic heterocycles. The van der Waals surface area contributed by atoms with Crippen molar-refractivity contribution in [3.63, 3.8) is 0 Å². The number of hydrogen-bond acceptors (Lipinski definition) is 4. The van der Waals surface area contributed by atoms with Crippen molar-refractivity contribution < 1.29 is 8.42 Å². The minimum absolute atomic E-state index is 0.0880. The Hall–Kier alpha value is -0.130. The van der Waals surface area contributed by atoms with Gasteiger partial charge in [-0.1, -0.05) is 0 Å². The average Bonchev–Trinajstić information content (AvgIpc) is 2.33. The summed E-state index contributed by atoms with van der Waals surface area (Å²) < 4.78 is 21.7. The van der Waals surface area contributed by atoms with Crippen LogP contribution in [0, 0.1) is 0 Å². The van der Waals surface area contributed by atoms with E-state index >= 15 is 0 Å². The van der Waals surface area contributed by atoms with Gasteiger partial charge in [0.25, 0.3) is 0 Å². The smallest absolute Gasteiger partial charge is 0.148 e. The first-order valence-corrected chi connectivity index (χ1v) is 6.61. The molecular formula is C8H18N2O2S. The van der Waals surface area contributed by atoms with Crippen LogP contribution in [0.3, 0.4) is 0 Å². The van der Waals surface area contributed by atoms with Gasteiger partial charge in [-0.2, -0.15) is 0 Å². The molecule has 0 aromatic heterocycles. The van der Waals surface area contributed by atoms with Gasteiger partial charge >= 0.3 is 0 Å². The summed E-state index contributed by atoms with van der Waals surface area (Å²) in [5, 5.41) is 6.52. The highest BCUT2D eigenvalue weighted by Crippen LogP contribution is 2.12. The first-order valence-electron chi connectivity index (χ1n) is 4.55. The summed E-state index contributed by atoms with van der Waals surface area (Å²) in [5.74, 6) is 0.225. The van der Waals surface area contributed by atoms with Crippen LogP contribution < -0.4 is 10.6 Å². The molecule has 1 heterocycles. The molecule has 0 saturated carbocycles. The lowest BCUT2D eigenvalue weighted by Crippen LogP contribution is -2.45. The van der Waals surface area contributed by atoms with Crippen LogP contribution in [0.4, 0.5) is 0 Å². The monoisotopic (exact) mass is 206 g/mol. The van der Waals surface area contributed by atoms with E-state index in [9.17, 15) is 8.42 Å². The summed E-state index contributed by atoms with van der Waals surface area (Å²) >= 11 is 0. The lowest BCUT2D eigenvalue weighted by Gasteiger charge is -2.24. The van der Waals surface area contributed by atoms with Crippen molar-refractivity contribution in [2.45, 2.75) is 18.9 Å². The lowest BCUT2D eigenvalue weighted by molar-refractivity contribution is 0.398. The predicted molar refractivity (Wildman–Crippen MR) is 53.6 cm³/mol. The molecule has 1 rings (SSSR count). The fourth-order valence-corrected chi connectivity index (χ4v) is 1.98. The molecule has 0 aliphatic carbocycles. The van der Waals surface area contributed by atoms with Gasteiger partial charge in [0, 0.05) is 24.9 Å². The Morgan fingerprint density at radius 1 is 1.54 bits per heavy atom. The fraction of sp³-hybridized carbons (Fsp3) is 1.00. The third-order valence-electron chi connectivity index (χ3n) is 2.39. The maximum Gasteiger partial charge on any atom is 0.148 e. The van der Waals surface area contributed by atoms with E-state index in [2.05, 4.69) is 17.6 Å². The minimum atomic E-state index is -2.83. The Bertz CT molecular complexity index is 255. The van der Waals surface area contributed by atoms with E-state index in [1.54, 1.807) is 0 Å². The van der Waals surface area contributed by atoms with Crippen LogP contribution in [-0.2, 0) is 9.84 Å². The molecular weight excluding hydrogens is 188 g/mol. The van der Waals surface area contributed by atoms with Gasteiger partial charge in [0.15, 0.2) is 0 Å². The average molecular weight is 206 g/mol. The molecule has 1 saturated heterocycles. The molecule has 5 heteroatoms. The molecule has 13 heavy (non-hydrogen) atoms. The third kappa shape index (κ3) is 4.06. The molecule has 0 radical (unpaired) electrons. The highest BCUT2D eigenvalue weighted by atomic mass is 32.2. The van der Waals surface area contributed by atoms with Crippen LogP contribution in [0.25, 0.3) is 0 Å². The van der Waals surface area contributed by atoms with Crippen molar-refractivity contribution in [3.8, 4) is 0 Å². The van der Waals surface area contributed by atoms with Crippen molar-refractivity contribution in [1.82, 2.24) is 10.6 Å². The number of sulfone groups is 1. The molecule has 1 atom stereocenters. The molecule has 4 nitrogen and oxygen atoms in total. The fourth-order valence-electron chi connectivity index (χ4n) is 1.51. The molecule has 0 aromatic carbocycles. The van der Waals surface area contributed by atoms with Gasteiger partial charge in [0.2, 0.25) is 0 Å². The van der Waals surface area contributed by atoms with Gasteiger partial charge in [0.05, 0.1) is 5.75 Å². The van der Waals surface area contributed by atoms with Gasteiger partial charge in [-0.05, 0) is 19.9 Å². The SMILES string of the molecule is CC1(NCCS(C)(=O)=O)CCNC1. The second-order valence-electron chi connectivity index (χ2n) is 4.04. The van der Waals surface area contributed by atoms with E-state index in [0.29, 0.717) is 6.54 Å². The third-order valence-corrected chi connectivity index (χ3v) is 3.34. The Labute approximate surface area is 80.0 Å². The lowest BCUT2D eigenvalue weighted by atomic mass is 10.0. The van der Waals surface area contributed by atoms with Crippen molar-refractivity contribution in [2.75, 3.05) is 31.6 Å². The molecule has 0 aromatic rings. The number of rotatable bonds is 4. The Balaban J connectivity index is 2.26. The largest absolute Gasteiger partial charge is 0.315 e. The molecule has 0 spiro atoms. The minimum Gasteiger partial charge on any atom is -0.315 e. The molecule has 1 aliphatic rings. The van der Waals surface area contributed by atoms with Gasteiger partial charge in [-0.3, -0.25) is 0 Å². The Kier molecular flexibility index (Phi) is 3.32. The summed E-state index contributed by atoms with van der Waals surface area (Å²) in [5.41, 5.74) is 0.0880. The van der Waals surface area contributed by atoms with Crippen LogP contribution >= 0.6 is 0 Å². The van der Waals surface area contributed by atoms with E-state index < -0.39 is 9.84 Å². The topological polar surface area (TPSA) is 58.2 Å². The van der Waals surface area contributed by atoms with E-state index in [0.717, 1.165) is 19.5 Å². The number of hydrogen-bond donors (Lipinski definition) is 2. The normalized spacial score (nSPS) is 29.4. The summed E-state index contributed by atoms with van der Waals surface area (Å²) in [4.78, 5) is 0. The van der Waals surface area contributed by atoms with Crippen molar-refractivity contribution in [1.29, 1.82) is 0 Å². The Morgan fingerprint density at radius 2 is 2.23 bits per heavy atom. The molecule has 1 unspecified atom stereocenters. The first-order chi connectivity index (χ1) is 5.91. The van der Waals surface area contributed by atoms with E-state index in [-0.39, 0.29) is 11.3 Å². The van der Waals surface area contributed by atoms with Crippen LogP contribution in [0.2, 0.25) is 0 Å². The maximum atomic E-state index is 10.9. The van der Waals surface area contributed by atoms with E-state index in [1.165, 1.54) is 6.26 Å². The van der Waals surface area contributed by atoms with Crippen molar-refractivity contribution in [3.05, 3.63) is 0 Å². The van der Waals surface area contributed by atoms with E-state index in [4.69, 9.17) is 0 Å². The molecule has 0 amide bonds. The second kappa shape index (κ2) is 3.94. The predicted octanol–water partition coefficient (Wildman–Crippen LogP) is -0.627. The van der Waals surface area contributed by atoms with Crippen LogP contribution in [-0.4, -0.2) is 45.6 Å². The zero-order valence-corrected chi connectivity index (χ0v) is 9.08. The van der Waals surface area contributed by atoms with Gasteiger partial charge in [-0.15, -0.1) is 0 Å². The van der Waals surface area contributed by atoms with Gasteiger partial charge in [0.1, 0.15) is 9.84 Å². The van der Waals surface area contributed by atoms with Crippen LogP contribution in [0.5, 0.6) is 0 Å². The highest BCUT2D eigenvalue weighted by Gasteiger charge is 2.27. The van der Waals surface area contributed by atoms with Gasteiger partial charge in [-0.25, -0.2) is 8.42 Å². The summed E-state index contributed by atoms with van der Waals surface area (Å²) in [6, 6.07) is 0. The second-order valence-corrected chi connectivity index (χ2v) is 6.30. The molecule has 1 fully saturated rings. The quantitative estimate of drug-likeness (QED) is 0.643. The first kappa shape index (κ1) is 10.9. The summed E-state index contributed by atoms with van der Waals surface area (Å²) in [6.07, 6.45) is 2.33. The van der Waals surface area contributed by atoms with Crippen molar-refractivity contribution in [2.24, 2.45) is 0 Å². The van der Waals surface area contributed by atoms with Crippen LogP contribution in [0.15, 0.2) is 0 Å². The zero-order valence-electron chi connectivity index (χ0n) is 8.26.